The van der Waals surface area contributed by atoms with E-state index in [9.17, 15) is 19.0 Å². The fourth-order valence-electron chi connectivity index (χ4n) is 5.17. The molecule has 8 heteroatoms. The van der Waals surface area contributed by atoms with Crippen molar-refractivity contribution in [1.29, 1.82) is 0 Å². The molecule has 1 aromatic heterocycles. The summed E-state index contributed by atoms with van der Waals surface area (Å²) in [6.45, 7) is 5.91. The minimum Gasteiger partial charge on any atom is -0.386 e. The van der Waals surface area contributed by atoms with Crippen LogP contribution in [0.5, 0.6) is 0 Å². The Bertz CT molecular complexity index is 980. The first kappa shape index (κ1) is 23.0. The van der Waals surface area contributed by atoms with Crippen LogP contribution in [0.2, 0.25) is 0 Å². The van der Waals surface area contributed by atoms with Crippen LogP contribution in [0.1, 0.15) is 56.2 Å². The van der Waals surface area contributed by atoms with Crippen LogP contribution in [0.15, 0.2) is 30.5 Å². The number of aliphatic hydroxyl groups is 2. The van der Waals surface area contributed by atoms with E-state index in [-0.39, 0.29) is 5.54 Å². The Morgan fingerprint density at radius 3 is 2.28 bits per heavy atom. The van der Waals surface area contributed by atoms with Gasteiger partial charge in [-0.25, -0.2) is 13.8 Å². The van der Waals surface area contributed by atoms with Crippen molar-refractivity contribution in [1.82, 2.24) is 15.6 Å². The smallest absolute Gasteiger partial charge is 0.185 e. The van der Waals surface area contributed by atoms with Crippen LogP contribution in [-0.4, -0.2) is 40.7 Å². The molecule has 2 fully saturated rings. The summed E-state index contributed by atoms with van der Waals surface area (Å²) in [7, 11) is 1.82. The second-order valence-corrected chi connectivity index (χ2v) is 9.84. The maximum atomic E-state index is 13.9. The number of hydrogen-bond acceptors (Lipinski definition) is 6. The highest BCUT2D eigenvalue weighted by atomic mass is 19.1. The molecule has 2 aliphatic rings. The van der Waals surface area contributed by atoms with E-state index in [1.54, 1.807) is 20.0 Å². The zero-order valence-corrected chi connectivity index (χ0v) is 19.0. The second kappa shape index (κ2) is 8.02. The van der Waals surface area contributed by atoms with Gasteiger partial charge in [0.2, 0.25) is 0 Å². The quantitative estimate of drug-likeness (QED) is 0.578. The number of anilines is 1. The van der Waals surface area contributed by atoms with Crippen LogP contribution in [0.4, 0.5) is 14.6 Å². The molecule has 1 atom stereocenters. The highest BCUT2D eigenvalue weighted by molar-refractivity contribution is 5.50. The summed E-state index contributed by atoms with van der Waals surface area (Å²) in [5.74, 6) is -0.481. The van der Waals surface area contributed by atoms with Crippen molar-refractivity contribution in [2.45, 2.75) is 69.5 Å². The van der Waals surface area contributed by atoms with Crippen LogP contribution in [-0.2, 0) is 11.1 Å². The van der Waals surface area contributed by atoms with E-state index in [0.717, 1.165) is 24.5 Å². The third kappa shape index (κ3) is 4.12. The highest BCUT2D eigenvalue weighted by Gasteiger charge is 2.49. The lowest BCUT2D eigenvalue weighted by Crippen LogP contribution is -2.54. The molecular weight excluding hydrogens is 414 g/mol. The molecule has 1 spiro atoms. The van der Waals surface area contributed by atoms with Gasteiger partial charge < -0.3 is 20.4 Å². The van der Waals surface area contributed by atoms with Crippen molar-refractivity contribution in [3.05, 3.63) is 58.8 Å². The summed E-state index contributed by atoms with van der Waals surface area (Å²) in [5.41, 5.74) is 0.371. The Hall–Kier alpha value is -2.13. The van der Waals surface area contributed by atoms with E-state index >= 15 is 0 Å². The Morgan fingerprint density at radius 2 is 1.75 bits per heavy atom. The van der Waals surface area contributed by atoms with Crippen LogP contribution >= 0.6 is 0 Å². The molecule has 0 radical (unpaired) electrons. The average molecular weight is 447 g/mol. The molecule has 1 saturated heterocycles. The number of nitrogens with one attached hydrogen (secondary N) is 2. The fourth-order valence-corrected chi connectivity index (χ4v) is 5.17. The molecule has 4 rings (SSSR count). The Balaban J connectivity index is 1.54. The van der Waals surface area contributed by atoms with Crippen molar-refractivity contribution in [3.63, 3.8) is 0 Å². The summed E-state index contributed by atoms with van der Waals surface area (Å²) >= 11 is 0. The van der Waals surface area contributed by atoms with Gasteiger partial charge in [0.15, 0.2) is 6.35 Å². The van der Waals surface area contributed by atoms with E-state index in [4.69, 9.17) is 0 Å². The van der Waals surface area contributed by atoms with E-state index in [2.05, 4.69) is 15.6 Å². The molecule has 0 amide bonds. The molecule has 1 saturated carbocycles. The summed E-state index contributed by atoms with van der Waals surface area (Å²) in [5, 5.41) is 27.7. The number of pyridine rings is 1. The number of aliphatic hydroxyl groups excluding tert-OH is 1. The normalized spacial score (nSPS) is 28.5. The van der Waals surface area contributed by atoms with Crippen molar-refractivity contribution < 1.29 is 19.0 Å². The van der Waals surface area contributed by atoms with Gasteiger partial charge in [0, 0.05) is 35.4 Å². The molecule has 32 heavy (non-hydrogen) atoms. The third-order valence-electron chi connectivity index (χ3n) is 7.19. The lowest BCUT2D eigenvalue weighted by molar-refractivity contribution is 0.0781. The largest absolute Gasteiger partial charge is 0.386 e. The van der Waals surface area contributed by atoms with Crippen molar-refractivity contribution in [2.24, 2.45) is 0 Å². The predicted octanol–water partition coefficient (Wildman–Crippen LogP) is 3.01. The van der Waals surface area contributed by atoms with Crippen LogP contribution in [0.3, 0.4) is 0 Å². The molecule has 6 nitrogen and oxygen atoms in total. The lowest BCUT2D eigenvalue weighted by atomic mass is 9.69. The topological polar surface area (TPSA) is 80.7 Å². The molecule has 2 heterocycles. The standard InChI is InChI=1S/C24H32F2N4O2/c1-15-9-17(22(2,3)32)13-28-20(15)30-14-23(29-21(30)31)5-7-24(27-4,8-6-23)16-10-18(25)12-19(26)11-16/h9-13,21,27,29,31-32H,5-8,14H2,1-4H3. The van der Waals surface area contributed by atoms with E-state index in [1.807, 2.05) is 24.9 Å². The Labute approximate surface area is 187 Å². The van der Waals surface area contributed by atoms with E-state index in [1.165, 1.54) is 12.1 Å². The van der Waals surface area contributed by atoms with Gasteiger partial charge in [-0.1, -0.05) is 0 Å². The van der Waals surface area contributed by atoms with Gasteiger partial charge in [-0.05, 0) is 82.8 Å². The minimum absolute atomic E-state index is 0.325. The summed E-state index contributed by atoms with van der Waals surface area (Å²) in [6.07, 6.45) is 3.54. The van der Waals surface area contributed by atoms with E-state index < -0.39 is 29.1 Å². The Morgan fingerprint density at radius 1 is 1.12 bits per heavy atom. The molecule has 0 bridgehead atoms. The van der Waals surface area contributed by atoms with Gasteiger partial charge in [0.05, 0.1) is 5.60 Å². The number of hydrogen-bond donors (Lipinski definition) is 4. The Kier molecular flexibility index (Phi) is 5.78. The van der Waals surface area contributed by atoms with Gasteiger partial charge in [-0.15, -0.1) is 0 Å². The van der Waals surface area contributed by atoms with Gasteiger partial charge in [-0.2, -0.15) is 0 Å². The van der Waals surface area contributed by atoms with E-state index in [0.29, 0.717) is 36.3 Å². The average Bonchev–Trinajstić information content (AvgIpc) is 3.03. The third-order valence-corrected chi connectivity index (χ3v) is 7.19. The molecular formula is C24H32F2N4O2. The molecule has 1 aliphatic carbocycles. The minimum atomic E-state index is -0.990. The first-order valence-electron chi connectivity index (χ1n) is 11.0. The number of rotatable bonds is 4. The maximum absolute atomic E-state index is 13.9. The summed E-state index contributed by atoms with van der Waals surface area (Å²) in [6, 6.07) is 5.59. The maximum Gasteiger partial charge on any atom is 0.185 e. The zero-order valence-electron chi connectivity index (χ0n) is 19.0. The van der Waals surface area contributed by atoms with Crippen molar-refractivity contribution in [3.8, 4) is 0 Å². The zero-order chi connectivity index (χ0) is 23.3. The number of aromatic nitrogens is 1. The van der Waals surface area contributed by atoms with Crippen molar-refractivity contribution >= 4 is 5.82 Å². The molecule has 1 unspecified atom stereocenters. The first-order valence-corrected chi connectivity index (χ1v) is 11.0. The number of benzene rings is 1. The highest BCUT2D eigenvalue weighted by Crippen LogP contribution is 2.44. The number of halogens is 2. The van der Waals surface area contributed by atoms with Crippen molar-refractivity contribution in [2.75, 3.05) is 18.5 Å². The first-order chi connectivity index (χ1) is 15.0. The monoisotopic (exact) mass is 446 g/mol. The molecule has 4 N–H and O–H groups in total. The molecule has 174 valence electrons. The predicted molar refractivity (Wildman–Crippen MR) is 119 cm³/mol. The summed E-state index contributed by atoms with van der Waals surface area (Å²) in [4.78, 5) is 6.38. The molecule has 1 aromatic carbocycles. The van der Waals surface area contributed by atoms with Gasteiger partial charge in [-0.3, -0.25) is 5.32 Å². The number of aryl methyl sites for hydroxylation is 1. The molecule has 2 aromatic rings. The van der Waals surface area contributed by atoms with Gasteiger partial charge in [0.25, 0.3) is 0 Å². The second-order valence-electron chi connectivity index (χ2n) is 9.84. The lowest BCUT2D eigenvalue weighted by Gasteiger charge is -2.45. The molecule has 1 aliphatic heterocycles. The van der Waals surface area contributed by atoms with Gasteiger partial charge >= 0.3 is 0 Å². The fraction of sp³-hybridized carbons (Fsp3) is 0.542. The summed E-state index contributed by atoms with van der Waals surface area (Å²) < 4.78 is 27.7. The SMILES string of the molecule is CNC1(c2cc(F)cc(F)c2)CCC2(CC1)CN(c1ncc(C(C)(C)O)cc1C)C(O)N2. The van der Waals surface area contributed by atoms with Crippen LogP contribution in [0, 0.1) is 18.6 Å². The van der Waals surface area contributed by atoms with Gasteiger partial charge in [0.1, 0.15) is 17.5 Å². The van der Waals surface area contributed by atoms with Crippen LogP contribution < -0.4 is 15.5 Å². The van der Waals surface area contributed by atoms with Crippen LogP contribution in [0.25, 0.3) is 0 Å². The number of nitrogens with zero attached hydrogens (tertiary/aromatic N) is 2.